The summed E-state index contributed by atoms with van der Waals surface area (Å²) in [5.41, 5.74) is 0.658. The molecule has 1 rings (SSSR count). The minimum Gasteiger partial charge on any atom is -0.382 e. The van der Waals surface area contributed by atoms with Gasteiger partial charge in [-0.3, -0.25) is 4.79 Å². The molecule has 0 saturated carbocycles. The van der Waals surface area contributed by atoms with E-state index in [1.807, 2.05) is 13.2 Å². The summed E-state index contributed by atoms with van der Waals surface area (Å²) in [7, 11) is 0. The summed E-state index contributed by atoms with van der Waals surface area (Å²) in [5, 5.41) is 5.74. The maximum atomic E-state index is 13.7. The molecule has 0 unspecified atom stereocenters. The van der Waals surface area contributed by atoms with Gasteiger partial charge in [-0.05, 0) is 24.8 Å². The quantitative estimate of drug-likeness (QED) is 0.749. The average molecular weight is 270 g/mol. The van der Waals surface area contributed by atoms with Gasteiger partial charge in [0.2, 0.25) is 0 Å². The van der Waals surface area contributed by atoms with Crippen molar-refractivity contribution in [3.05, 3.63) is 29.6 Å². The molecule has 1 aromatic rings. The van der Waals surface area contributed by atoms with Gasteiger partial charge in [-0.25, -0.2) is 4.39 Å². The molecule has 1 amide bonds. The molecule has 0 spiro atoms. The Bertz CT molecular complexity index is 399. The summed E-state index contributed by atoms with van der Waals surface area (Å²) in [6.45, 7) is 3.22. The number of thioether (sulfide) groups is 1. The fraction of sp³-hybridized carbons (Fsp3) is 0.462. The number of rotatable bonds is 7. The van der Waals surface area contributed by atoms with Gasteiger partial charge in [0.25, 0.3) is 5.91 Å². The van der Waals surface area contributed by atoms with Crippen molar-refractivity contribution < 1.29 is 9.18 Å². The first-order valence-electron chi connectivity index (χ1n) is 6.00. The van der Waals surface area contributed by atoms with E-state index in [2.05, 4.69) is 10.6 Å². The summed E-state index contributed by atoms with van der Waals surface area (Å²) in [5.74, 6) is 0.224. The van der Waals surface area contributed by atoms with Gasteiger partial charge in [-0.1, -0.05) is 13.0 Å². The van der Waals surface area contributed by atoms with Gasteiger partial charge in [-0.15, -0.1) is 0 Å². The number of para-hydroxylation sites is 1. The minimum atomic E-state index is -0.388. The molecule has 0 atom stereocenters. The molecular formula is C13H19FN2OS. The topological polar surface area (TPSA) is 41.1 Å². The summed E-state index contributed by atoms with van der Waals surface area (Å²) in [6, 6.07) is 4.54. The molecule has 2 N–H and O–H groups in total. The molecule has 0 radical (unpaired) electrons. The van der Waals surface area contributed by atoms with Gasteiger partial charge < -0.3 is 10.6 Å². The van der Waals surface area contributed by atoms with Crippen LogP contribution in [-0.2, 0) is 0 Å². The van der Waals surface area contributed by atoms with Gasteiger partial charge >= 0.3 is 0 Å². The molecule has 0 aromatic heterocycles. The minimum absolute atomic E-state index is 0.234. The molecule has 0 aliphatic rings. The number of halogens is 1. The molecule has 0 fully saturated rings. The van der Waals surface area contributed by atoms with E-state index >= 15 is 0 Å². The van der Waals surface area contributed by atoms with Crippen LogP contribution >= 0.6 is 11.8 Å². The van der Waals surface area contributed by atoms with Gasteiger partial charge in [0, 0.05) is 18.8 Å². The van der Waals surface area contributed by atoms with E-state index in [1.54, 1.807) is 23.9 Å². The number of benzene rings is 1. The molecule has 0 saturated heterocycles. The fourth-order valence-corrected chi connectivity index (χ4v) is 1.81. The monoisotopic (exact) mass is 270 g/mol. The van der Waals surface area contributed by atoms with Crippen LogP contribution in [0.1, 0.15) is 23.7 Å². The first-order chi connectivity index (χ1) is 8.70. The normalized spacial score (nSPS) is 10.2. The lowest BCUT2D eigenvalue weighted by atomic mass is 10.1. The maximum Gasteiger partial charge on any atom is 0.253 e. The molecule has 5 heteroatoms. The van der Waals surface area contributed by atoms with Crippen LogP contribution in [-0.4, -0.2) is 31.0 Å². The van der Waals surface area contributed by atoms with Gasteiger partial charge in [-0.2, -0.15) is 11.8 Å². The van der Waals surface area contributed by atoms with Crippen LogP contribution < -0.4 is 10.6 Å². The molecule has 18 heavy (non-hydrogen) atoms. The largest absolute Gasteiger partial charge is 0.382 e. The van der Waals surface area contributed by atoms with Crippen LogP contribution in [0.2, 0.25) is 0 Å². The molecule has 100 valence electrons. The lowest BCUT2D eigenvalue weighted by Crippen LogP contribution is -2.27. The number of carbonyl (C=O) groups excluding carboxylic acids is 1. The first-order valence-corrected chi connectivity index (χ1v) is 7.39. The molecule has 0 aliphatic carbocycles. The highest BCUT2D eigenvalue weighted by Gasteiger charge is 2.14. The van der Waals surface area contributed by atoms with Crippen molar-refractivity contribution in [3.8, 4) is 0 Å². The van der Waals surface area contributed by atoms with Crippen LogP contribution in [0.25, 0.3) is 0 Å². The summed E-state index contributed by atoms with van der Waals surface area (Å²) >= 11 is 1.66. The predicted molar refractivity (Wildman–Crippen MR) is 75.9 cm³/mol. The number of hydrogen-bond acceptors (Lipinski definition) is 3. The zero-order valence-corrected chi connectivity index (χ0v) is 11.6. The Labute approximate surface area is 112 Å². The maximum absolute atomic E-state index is 13.7. The third kappa shape index (κ3) is 4.22. The summed E-state index contributed by atoms with van der Waals surface area (Å²) in [6.07, 6.45) is 2.85. The number of hydrogen-bond donors (Lipinski definition) is 2. The third-order valence-electron chi connectivity index (χ3n) is 2.40. The van der Waals surface area contributed by atoms with Gasteiger partial charge in [0.15, 0.2) is 0 Å². The van der Waals surface area contributed by atoms with E-state index in [0.717, 1.165) is 12.2 Å². The van der Waals surface area contributed by atoms with E-state index in [0.29, 0.717) is 24.3 Å². The SMILES string of the molecule is CCCNc1c(F)cccc1C(=O)NCCSC. The van der Waals surface area contributed by atoms with Crippen molar-refractivity contribution in [1.29, 1.82) is 0 Å². The van der Waals surface area contributed by atoms with Crippen molar-refractivity contribution >= 4 is 23.4 Å². The molecular weight excluding hydrogens is 251 g/mol. The van der Waals surface area contributed by atoms with E-state index in [1.165, 1.54) is 6.07 Å². The van der Waals surface area contributed by atoms with E-state index < -0.39 is 0 Å². The number of anilines is 1. The van der Waals surface area contributed by atoms with Crippen molar-refractivity contribution in [2.45, 2.75) is 13.3 Å². The lowest BCUT2D eigenvalue weighted by Gasteiger charge is -2.12. The van der Waals surface area contributed by atoms with E-state index in [4.69, 9.17) is 0 Å². The second kappa shape index (κ2) is 7.97. The van der Waals surface area contributed by atoms with E-state index in [9.17, 15) is 9.18 Å². The number of amides is 1. The average Bonchev–Trinajstić information content (AvgIpc) is 2.37. The first kappa shape index (κ1) is 14.8. The standard InChI is InChI=1S/C13H19FN2OS/c1-3-7-15-12-10(5-4-6-11(12)14)13(17)16-8-9-18-2/h4-6,15H,3,7-9H2,1-2H3,(H,16,17). The summed E-state index contributed by atoms with van der Waals surface area (Å²) < 4.78 is 13.7. The van der Waals surface area contributed by atoms with Gasteiger partial charge in [0.05, 0.1) is 11.3 Å². The van der Waals surface area contributed by atoms with Crippen LogP contribution in [0.4, 0.5) is 10.1 Å². The van der Waals surface area contributed by atoms with Crippen molar-refractivity contribution in [2.24, 2.45) is 0 Å². The molecule has 0 heterocycles. The summed E-state index contributed by atoms with van der Waals surface area (Å²) in [4.78, 5) is 11.9. The van der Waals surface area contributed by atoms with Crippen molar-refractivity contribution in [1.82, 2.24) is 5.32 Å². The Balaban J connectivity index is 2.79. The van der Waals surface area contributed by atoms with Crippen LogP contribution in [0.5, 0.6) is 0 Å². The zero-order valence-electron chi connectivity index (χ0n) is 10.8. The second-order valence-corrected chi connectivity index (χ2v) is 4.82. The Morgan fingerprint density at radius 3 is 2.83 bits per heavy atom. The number of carbonyl (C=O) groups is 1. The molecule has 1 aromatic carbocycles. The Kier molecular flexibility index (Phi) is 6.57. The van der Waals surface area contributed by atoms with Crippen LogP contribution in [0.15, 0.2) is 18.2 Å². The highest BCUT2D eigenvalue weighted by molar-refractivity contribution is 7.98. The zero-order chi connectivity index (χ0) is 13.4. The Morgan fingerprint density at radius 2 is 2.17 bits per heavy atom. The van der Waals surface area contributed by atoms with Crippen LogP contribution in [0.3, 0.4) is 0 Å². The van der Waals surface area contributed by atoms with Gasteiger partial charge in [0.1, 0.15) is 5.82 Å². The molecule has 0 aliphatic heterocycles. The highest BCUT2D eigenvalue weighted by Crippen LogP contribution is 2.19. The van der Waals surface area contributed by atoms with Crippen molar-refractivity contribution in [2.75, 3.05) is 30.4 Å². The molecule has 0 bridgehead atoms. The smallest absolute Gasteiger partial charge is 0.253 e. The molecule has 3 nitrogen and oxygen atoms in total. The second-order valence-electron chi connectivity index (χ2n) is 3.84. The Hall–Kier alpha value is -1.23. The Morgan fingerprint density at radius 1 is 1.39 bits per heavy atom. The third-order valence-corrected chi connectivity index (χ3v) is 3.01. The predicted octanol–water partition coefficient (Wildman–Crippen LogP) is 2.74. The number of nitrogens with one attached hydrogen (secondary N) is 2. The van der Waals surface area contributed by atoms with E-state index in [-0.39, 0.29) is 11.7 Å². The van der Waals surface area contributed by atoms with Crippen molar-refractivity contribution in [3.63, 3.8) is 0 Å². The lowest BCUT2D eigenvalue weighted by molar-refractivity contribution is 0.0956. The highest BCUT2D eigenvalue weighted by atomic mass is 32.2. The van der Waals surface area contributed by atoms with Crippen LogP contribution in [0, 0.1) is 5.82 Å². The fourth-order valence-electron chi connectivity index (χ4n) is 1.50.